The third kappa shape index (κ3) is 8.83. The SMILES string of the molecule is CCC(C)CN(C)C(CN)CNC(=O)OC(C)(C)C. The smallest absolute Gasteiger partial charge is 0.407 e. The molecule has 0 spiro atoms. The molecule has 5 heteroatoms. The highest BCUT2D eigenvalue weighted by Gasteiger charge is 2.19. The topological polar surface area (TPSA) is 67.6 Å². The molecule has 0 heterocycles. The van der Waals surface area contributed by atoms with Crippen LogP contribution in [0.2, 0.25) is 0 Å². The van der Waals surface area contributed by atoms with E-state index in [0.29, 0.717) is 19.0 Å². The first kappa shape index (κ1) is 18.2. The van der Waals surface area contributed by atoms with Crippen molar-refractivity contribution >= 4 is 6.09 Å². The van der Waals surface area contributed by atoms with Gasteiger partial charge in [0.2, 0.25) is 0 Å². The first-order valence-electron chi connectivity index (χ1n) is 7.06. The predicted octanol–water partition coefficient (Wildman–Crippen LogP) is 1.82. The summed E-state index contributed by atoms with van der Waals surface area (Å²) in [5.41, 5.74) is 5.30. The maximum atomic E-state index is 11.6. The van der Waals surface area contributed by atoms with Crippen molar-refractivity contribution in [1.29, 1.82) is 0 Å². The van der Waals surface area contributed by atoms with Crippen molar-refractivity contribution < 1.29 is 9.53 Å². The number of hydrogen-bond acceptors (Lipinski definition) is 4. The van der Waals surface area contributed by atoms with Gasteiger partial charge in [0.1, 0.15) is 5.60 Å². The van der Waals surface area contributed by atoms with E-state index in [0.717, 1.165) is 13.0 Å². The van der Waals surface area contributed by atoms with Gasteiger partial charge in [-0.15, -0.1) is 0 Å². The zero-order valence-electron chi connectivity index (χ0n) is 13.3. The summed E-state index contributed by atoms with van der Waals surface area (Å²) in [5.74, 6) is 0.626. The van der Waals surface area contributed by atoms with E-state index in [2.05, 4.69) is 24.1 Å². The van der Waals surface area contributed by atoms with Gasteiger partial charge < -0.3 is 20.7 Å². The van der Waals surface area contributed by atoms with E-state index in [1.54, 1.807) is 0 Å². The first-order valence-corrected chi connectivity index (χ1v) is 7.06. The van der Waals surface area contributed by atoms with Crippen molar-refractivity contribution in [2.75, 3.05) is 26.7 Å². The summed E-state index contributed by atoms with van der Waals surface area (Å²) in [6.45, 7) is 11.9. The zero-order chi connectivity index (χ0) is 15.1. The fourth-order valence-electron chi connectivity index (χ4n) is 1.70. The van der Waals surface area contributed by atoms with Crippen LogP contribution in [0.1, 0.15) is 41.0 Å². The third-order valence-corrected chi connectivity index (χ3v) is 3.07. The van der Waals surface area contributed by atoms with E-state index < -0.39 is 5.60 Å². The van der Waals surface area contributed by atoms with Crippen LogP contribution in [0.4, 0.5) is 4.79 Å². The van der Waals surface area contributed by atoms with E-state index in [1.807, 2.05) is 27.8 Å². The molecule has 2 unspecified atom stereocenters. The number of nitrogens with one attached hydrogen (secondary N) is 1. The largest absolute Gasteiger partial charge is 0.444 e. The molecule has 0 saturated carbocycles. The third-order valence-electron chi connectivity index (χ3n) is 3.07. The Hall–Kier alpha value is -0.810. The van der Waals surface area contributed by atoms with Gasteiger partial charge in [-0.1, -0.05) is 20.3 Å². The number of ether oxygens (including phenoxy) is 1. The van der Waals surface area contributed by atoms with Crippen molar-refractivity contribution in [2.24, 2.45) is 11.7 Å². The van der Waals surface area contributed by atoms with Crippen LogP contribution in [-0.4, -0.2) is 49.3 Å². The number of hydrogen-bond donors (Lipinski definition) is 2. The monoisotopic (exact) mass is 273 g/mol. The highest BCUT2D eigenvalue weighted by atomic mass is 16.6. The Kier molecular flexibility index (Phi) is 8.02. The van der Waals surface area contributed by atoms with Gasteiger partial charge in [0, 0.05) is 25.7 Å². The number of likely N-dealkylation sites (N-methyl/N-ethyl adjacent to an activating group) is 1. The summed E-state index contributed by atoms with van der Waals surface area (Å²) in [6, 6.07) is 0.140. The summed E-state index contributed by atoms with van der Waals surface area (Å²) in [5, 5.41) is 2.78. The molecule has 0 aromatic rings. The van der Waals surface area contributed by atoms with E-state index in [9.17, 15) is 4.79 Å². The van der Waals surface area contributed by atoms with E-state index >= 15 is 0 Å². The number of amides is 1. The Morgan fingerprint density at radius 1 is 1.42 bits per heavy atom. The Labute approximate surface area is 117 Å². The Balaban J connectivity index is 4.15. The van der Waals surface area contributed by atoms with Gasteiger partial charge in [0.05, 0.1) is 0 Å². The average Bonchev–Trinajstić information content (AvgIpc) is 2.27. The normalized spacial score (nSPS) is 15.2. The van der Waals surface area contributed by atoms with Crippen molar-refractivity contribution in [2.45, 2.75) is 52.7 Å². The van der Waals surface area contributed by atoms with Crippen molar-refractivity contribution in [1.82, 2.24) is 10.2 Å². The lowest BCUT2D eigenvalue weighted by Gasteiger charge is -2.29. The van der Waals surface area contributed by atoms with E-state index in [-0.39, 0.29) is 12.1 Å². The molecule has 0 radical (unpaired) electrons. The molecule has 0 aliphatic carbocycles. The summed E-state index contributed by atoms with van der Waals surface area (Å²) < 4.78 is 5.21. The van der Waals surface area contributed by atoms with Gasteiger partial charge in [-0.3, -0.25) is 0 Å². The quantitative estimate of drug-likeness (QED) is 0.742. The molecular weight excluding hydrogens is 242 g/mol. The number of carbonyl (C=O) groups is 1. The first-order chi connectivity index (χ1) is 8.69. The van der Waals surface area contributed by atoms with Gasteiger partial charge in [-0.2, -0.15) is 0 Å². The Morgan fingerprint density at radius 2 is 2.00 bits per heavy atom. The second kappa shape index (κ2) is 8.38. The summed E-state index contributed by atoms with van der Waals surface area (Å²) >= 11 is 0. The van der Waals surface area contributed by atoms with Gasteiger partial charge >= 0.3 is 6.09 Å². The molecule has 0 saturated heterocycles. The molecule has 0 aliphatic heterocycles. The number of alkyl carbamates (subject to hydrolysis) is 1. The van der Waals surface area contributed by atoms with Crippen LogP contribution in [-0.2, 0) is 4.74 Å². The molecule has 0 rings (SSSR count). The lowest BCUT2D eigenvalue weighted by molar-refractivity contribution is 0.0510. The van der Waals surface area contributed by atoms with Crippen molar-refractivity contribution in [3.8, 4) is 0 Å². The second-order valence-electron chi connectivity index (χ2n) is 6.23. The molecular formula is C14H31N3O2. The van der Waals surface area contributed by atoms with Crippen LogP contribution in [0, 0.1) is 5.92 Å². The van der Waals surface area contributed by atoms with Crippen molar-refractivity contribution in [3.63, 3.8) is 0 Å². The fourth-order valence-corrected chi connectivity index (χ4v) is 1.70. The van der Waals surface area contributed by atoms with Crippen molar-refractivity contribution in [3.05, 3.63) is 0 Å². The summed E-state index contributed by atoms with van der Waals surface area (Å²) in [6.07, 6.45) is 0.754. The molecule has 0 aromatic carbocycles. The van der Waals surface area contributed by atoms with E-state index in [4.69, 9.17) is 10.5 Å². The van der Waals surface area contributed by atoms with Gasteiger partial charge in [-0.05, 0) is 33.7 Å². The van der Waals surface area contributed by atoms with Crippen LogP contribution >= 0.6 is 0 Å². The maximum absolute atomic E-state index is 11.6. The maximum Gasteiger partial charge on any atom is 0.407 e. The highest BCUT2D eigenvalue weighted by Crippen LogP contribution is 2.07. The molecule has 114 valence electrons. The van der Waals surface area contributed by atoms with Gasteiger partial charge in [-0.25, -0.2) is 4.79 Å². The predicted molar refractivity (Wildman–Crippen MR) is 79.2 cm³/mol. The van der Waals surface area contributed by atoms with Crippen LogP contribution in [0.3, 0.4) is 0 Å². The number of rotatable bonds is 7. The summed E-state index contributed by atoms with van der Waals surface area (Å²) in [4.78, 5) is 13.8. The molecule has 0 bridgehead atoms. The zero-order valence-corrected chi connectivity index (χ0v) is 13.3. The molecule has 0 fully saturated rings. The molecule has 0 aromatic heterocycles. The minimum absolute atomic E-state index is 0.140. The molecule has 1 amide bonds. The standard InChI is InChI=1S/C14H31N3O2/c1-7-11(2)10-17(6)12(8-15)9-16-13(18)19-14(3,4)5/h11-12H,7-10,15H2,1-6H3,(H,16,18). The highest BCUT2D eigenvalue weighted by molar-refractivity contribution is 5.67. The second-order valence-corrected chi connectivity index (χ2v) is 6.23. The fraction of sp³-hybridized carbons (Fsp3) is 0.929. The molecule has 5 nitrogen and oxygen atoms in total. The Bertz CT molecular complexity index is 264. The molecule has 19 heavy (non-hydrogen) atoms. The van der Waals surface area contributed by atoms with Crippen LogP contribution in [0.15, 0.2) is 0 Å². The minimum atomic E-state index is -0.467. The van der Waals surface area contributed by atoms with Crippen LogP contribution in [0.25, 0.3) is 0 Å². The summed E-state index contributed by atoms with van der Waals surface area (Å²) in [7, 11) is 2.04. The average molecular weight is 273 g/mol. The van der Waals surface area contributed by atoms with Crippen LogP contribution < -0.4 is 11.1 Å². The minimum Gasteiger partial charge on any atom is -0.444 e. The lowest BCUT2D eigenvalue weighted by Crippen LogP contribution is -2.48. The lowest BCUT2D eigenvalue weighted by atomic mass is 10.1. The van der Waals surface area contributed by atoms with Gasteiger partial charge in [0.25, 0.3) is 0 Å². The molecule has 2 atom stereocenters. The van der Waals surface area contributed by atoms with Crippen LogP contribution in [0.5, 0.6) is 0 Å². The molecule has 3 N–H and O–H groups in total. The molecule has 0 aliphatic rings. The number of nitrogens with zero attached hydrogens (tertiary/aromatic N) is 1. The van der Waals surface area contributed by atoms with E-state index in [1.165, 1.54) is 0 Å². The van der Waals surface area contributed by atoms with Gasteiger partial charge in [0.15, 0.2) is 0 Å². The number of carbonyl (C=O) groups excluding carboxylic acids is 1. The number of nitrogens with two attached hydrogens (primary N) is 1. The Morgan fingerprint density at radius 3 is 2.42 bits per heavy atom.